The van der Waals surface area contributed by atoms with Gasteiger partial charge in [0, 0.05) is 43.7 Å². The Kier molecular flexibility index (Phi) is 7.85. The first kappa shape index (κ1) is 34.1. The zero-order valence-corrected chi connectivity index (χ0v) is 32.7. The van der Waals surface area contributed by atoms with Gasteiger partial charge in [0.05, 0.1) is 39.1 Å². The van der Waals surface area contributed by atoms with Gasteiger partial charge in [-0.15, -0.1) is 0 Å². The molecule has 0 N–H and O–H groups in total. The first-order valence-corrected chi connectivity index (χ1v) is 20.5. The van der Waals surface area contributed by atoms with E-state index in [1.54, 1.807) is 0 Å². The van der Waals surface area contributed by atoms with Gasteiger partial charge >= 0.3 is 0 Å². The number of fused-ring (bicyclic) bond motifs is 7. The van der Waals surface area contributed by atoms with Crippen LogP contribution in [0.15, 0.2) is 224 Å². The van der Waals surface area contributed by atoms with Crippen molar-refractivity contribution in [2.24, 2.45) is 0 Å². The smallest absolute Gasteiger partial charge is 0.0716 e. The van der Waals surface area contributed by atoms with Crippen LogP contribution in [0.4, 0.5) is 0 Å². The Hall–Kier alpha value is -8.01. The van der Waals surface area contributed by atoms with Gasteiger partial charge in [0.15, 0.2) is 0 Å². The summed E-state index contributed by atoms with van der Waals surface area (Å²) in [5.74, 6) is 0. The van der Waals surface area contributed by atoms with Gasteiger partial charge in [0.25, 0.3) is 0 Å². The number of para-hydroxylation sites is 2. The van der Waals surface area contributed by atoms with Crippen molar-refractivity contribution >= 4 is 54.4 Å². The van der Waals surface area contributed by atoms with Crippen molar-refractivity contribution in [2.75, 3.05) is 0 Å². The molecule has 3 aromatic heterocycles. The number of hydrogen-bond acceptors (Lipinski definition) is 1. The van der Waals surface area contributed by atoms with Crippen LogP contribution < -0.4 is 0 Å². The zero-order chi connectivity index (χ0) is 39.6. The van der Waals surface area contributed by atoms with Gasteiger partial charge < -0.3 is 9.13 Å². The number of nitrogens with zero attached hydrogens (tertiary/aromatic N) is 3. The summed E-state index contributed by atoms with van der Waals surface area (Å²) in [6.07, 6.45) is 0. The quantitative estimate of drug-likeness (QED) is 0.165. The Balaban J connectivity index is 1.02. The third-order valence-electron chi connectivity index (χ3n) is 12.1. The van der Waals surface area contributed by atoms with E-state index in [-0.39, 0.29) is 0 Å². The highest BCUT2D eigenvalue weighted by molar-refractivity contribution is 6.13. The largest absolute Gasteiger partial charge is 0.309 e. The average molecular weight is 764 g/mol. The molecular formula is C57H37N3. The molecule has 0 aliphatic heterocycles. The minimum absolute atomic E-state index is 0.939. The van der Waals surface area contributed by atoms with E-state index in [2.05, 4.69) is 234 Å². The molecule has 0 unspecified atom stereocenters. The Labute approximate surface area is 347 Å². The summed E-state index contributed by atoms with van der Waals surface area (Å²) < 4.78 is 4.85. The Morgan fingerprint density at radius 2 is 0.817 bits per heavy atom. The Morgan fingerprint density at radius 1 is 0.267 bits per heavy atom. The summed E-state index contributed by atoms with van der Waals surface area (Å²) in [4.78, 5) is 5.27. The van der Waals surface area contributed by atoms with E-state index < -0.39 is 0 Å². The minimum atomic E-state index is 0.939. The van der Waals surface area contributed by atoms with E-state index in [0.717, 1.165) is 33.8 Å². The number of benzene rings is 9. The summed E-state index contributed by atoms with van der Waals surface area (Å²) in [5, 5.41) is 7.42. The number of rotatable bonds is 6. The van der Waals surface area contributed by atoms with Crippen LogP contribution in [-0.4, -0.2) is 14.1 Å². The molecule has 60 heavy (non-hydrogen) atoms. The Bertz CT molecular complexity index is 3530. The van der Waals surface area contributed by atoms with E-state index in [1.165, 1.54) is 76.8 Å². The molecule has 12 rings (SSSR count). The molecule has 0 atom stereocenters. The summed E-state index contributed by atoms with van der Waals surface area (Å²) in [6, 6.07) is 81.0. The SMILES string of the molecule is c1ccc(-c2cc(-c3ccccc3)nc(-c3cccc(-n4c5ccccc5c5ccc(-c6ccc7c(c6)c6ccccc6n7-c6cccc7ccccc67)cc54)c3)c2)cc1. The molecule has 0 saturated heterocycles. The molecule has 0 radical (unpaired) electrons. The van der Waals surface area contributed by atoms with Crippen molar-refractivity contribution in [1.82, 2.24) is 14.1 Å². The van der Waals surface area contributed by atoms with Crippen LogP contribution in [0.25, 0.3) is 111 Å². The maximum atomic E-state index is 5.27. The summed E-state index contributed by atoms with van der Waals surface area (Å²) in [5.41, 5.74) is 15.8. The van der Waals surface area contributed by atoms with Gasteiger partial charge in [-0.2, -0.15) is 0 Å². The number of pyridine rings is 1. The maximum Gasteiger partial charge on any atom is 0.0716 e. The van der Waals surface area contributed by atoms with E-state index in [0.29, 0.717) is 0 Å². The first-order valence-electron chi connectivity index (χ1n) is 20.5. The van der Waals surface area contributed by atoms with E-state index in [9.17, 15) is 0 Å². The van der Waals surface area contributed by atoms with Gasteiger partial charge in [0.2, 0.25) is 0 Å². The fourth-order valence-electron chi connectivity index (χ4n) is 9.28. The van der Waals surface area contributed by atoms with E-state index in [4.69, 9.17) is 4.98 Å². The fraction of sp³-hybridized carbons (Fsp3) is 0. The highest BCUT2D eigenvalue weighted by Gasteiger charge is 2.18. The number of hydrogen-bond donors (Lipinski definition) is 0. The molecule has 0 saturated carbocycles. The first-order chi connectivity index (χ1) is 29.7. The summed E-state index contributed by atoms with van der Waals surface area (Å²) in [7, 11) is 0. The van der Waals surface area contributed by atoms with Crippen LogP contribution in [0.3, 0.4) is 0 Å². The molecule has 0 fully saturated rings. The highest BCUT2D eigenvalue weighted by Crippen LogP contribution is 2.40. The third-order valence-corrected chi connectivity index (χ3v) is 12.1. The number of aromatic nitrogens is 3. The molecule has 9 aromatic carbocycles. The predicted molar refractivity (Wildman–Crippen MR) is 252 cm³/mol. The summed E-state index contributed by atoms with van der Waals surface area (Å²) in [6.45, 7) is 0. The van der Waals surface area contributed by atoms with Crippen LogP contribution in [0.1, 0.15) is 0 Å². The van der Waals surface area contributed by atoms with Gasteiger partial charge in [-0.05, 0) is 88.3 Å². The standard InChI is InChI=1S/C57H37N3/c1-3-15-38(16-4-1)44-35-51(40-18-5-2-6-19-40)58-52(36-44)43-21-13-22-45(33-43)59-54-26-11-9-24-47(54)49-31-29-42(37-57(49)59)41-30-32-56-50(34-41)48-25-10-12-27-55(48)60(56)53-28-14-20-39-17-7-8-23-46(39)53/h1-37H. The molecule has 12 aromatic rings. The average Bonchev–Trinajstić information content (AvgIpc) is 3.84. The second-order valence-corrected chi connectivity index (χ2v) is 15.6. The lowest BCUT2D eigenvalue weighted by Crippen LogP contribution is -1.96. The molecule has 0 aliphatic carbocycles. The van der Waals surface area contributed by atoms with Crippen LogP contribution >= 0.6 is 0 Å². The van der Waals surface area contributed by atoms with Crippen LogP contribution in [0.5, 0.6) is 0 Å². The van der Waals surface area contributed by atoms with Crippen molar-refractivity contribution in [1.29, 1.82) is 0 Å². The Morgan fingerprint density at radius 3 is 1.62 bits per heavy atom. The van der Waals surface area contributed by atoms with Gasteiger partial charge in [-0.1, -0.05) is 164 Å². The predicted octanol–water partition coefficient (Wildman–Crippen LogP) is 15.1. The second kappa shape index (κ2) is 13.8. The third kappa shape index (κ3) is 5.55. The van der Waals surface area contributed by atoms with Crippen LogP contribution in [0, 0.1) is 0 Å². The van der Waals surface area contributed by atoms with Crippen molar-refractivity contribution in [3.63, 3.8) is 0 Å². The maximum absolute atomic E-state index is 5.27. The molecule has 0 aliphatic rings. The zero-order valence-electron chi connectivity index (χ0n) is 32.7. The molecule has 3 heterocycles. The highest BCUT2D eigenvalue weighted by atomic mass is 15.0. The van der Waals surface area contributed by atoms with Crippen LogP contribution in [-0.2, 0) is 0 Å². The second-order valence-electron chi connectivity index (χ2n) is 15.6. The van der Waals surface area contributed by atoms with Crippen molar-refractivity contribution in [2.45, 2.75) is 0 Å². The van der Waals surface area contributed by atoms with Gasteiger partial charge in [0.1, 0.15) is 0 Å². The van der Waals surface area contributed by atoms with Crippen molar-refractivity contribution < 1.29 is 0 Å². The monoisotopic (exact) mass is 763 g/mol. The van der Waals surface area contributed by atoms with E-state index in [1.807, 2.05) is 0 Å². The normalized spacial score (nSPS) is 11.7. The molecule has 0 spiro atoms. The molecule has 3 nitrogen and oxygen atoms in total. The van der Waals surface area contributed by atoms with Crippen molar-refractivity contribution in [3.8, 4) is 56.1 Å². The molecule has 0 amide bonds. The lowest BCUT2D eigenvalue weighted by Gasteiger charge is -2.13. The molecular weight excluding hydrogens is 727 g/mol. The fourth-order valence-corrected chi connectivity index (χ4v) is 9.28. The molecule has 0 bridgehead atoms. The molecule has 3 heteroatoms. The molecule has 280 valence electrons. The topological polar surface area (TPSA) is 22.8 Å². The van der Waals surface area contributed by atoms with Crippen LogP contribution in [0.2, 0.25) is 0 Å². The van der Waals surface area contributed by atoms with Gasteiger partial charge in [-0.3, -0.25) is 0 Å². The minimum Gasteiger partial charge on any atom is -0.309 e. The lowest BCUT2D eigenvalue weighted by atomic mass is 10.00. The lowest BCUT2D eigenvalue weighted by molar-refractivity contribution is 1.18. The summed E-state index contributed by atoms with van der Waals surface area (Å²) >= 11 is 0. The van der Waals surface area contributed by atoms with E-state index >= 15 is 0 Å². The van der Waals surface area contributed by atoms with Gasteiger partial charge in [-0.25, -0.2) is 4.98 Å². The van der Waals surface area contributed by atoms with Crippen molar-refractivity contribution in [3.05, 3.63) is 224 Å².